The van der Waals surface area contributed by atoms with Gasteiger partial charge in [0.2, 0.25) is 5.91 Å². The van der Waals surface area contributed by atoms with E-state index in [0.717, 1.165) is 10.5 Å². The maximum absolute atomic E-state index is 13.8. The second kappa shape index (κ2) is 11.6. The lowest BCUT2D eigenvalue weighted by Gasteiger charge is -2.13. The summed E-state index contributed by atoms with van der Waals surface area (Å²) in [6.45, 7) is -0.393. The molecule has 1 heterocycles. The first-order chi connectivity index (χ1) is 17.6. The van der Waals surface area contributed by atoms with Crippen molar-refractivity contribution in [2.75, 3.05) is 11.9 Å². The fourth-order valence-corrected chi connectivity index (χ4v) is 5.28. The molecule has 190 valence electrons. The molecular weight excluding hydrogens is 656 g/mol. The van der Waals surface area contributed by atoms with Gasteiger partial charge in [-0.05, 0) is 79.9 Å². The van der Waals surface area contributed by atoms with Crippen LogP contribution in [0.15, 0.2) is 69.2 Å². The summed E-state index contributed by atoms with van der Waals surface area (Å²) in [5.74, 6) is -1.55. The van der Waals surface area contributed by atoms with Crippen LogP contribution in [0, 0.1) is 5.82 Å². The highest BCUT2D eigenvalue weighted by atomic mass is 79.9. The van der Waals surface area contributed by atoms with Crippen LogP contribution in [0.4, 0.5) is 14.9 Å². The van der Waals surface area contributed by atoms with Crippen molar-refractivity contribution < 1.29 is 23.5 Å². The standard InChI is InChI=1S/C25H16Br2Cl2FN3O4/c26-16-7-13(8-17(27)23(16)37-12-14-5-6-15(28)10-18(14)29)9-21-24(35)33(25(36)32-21)11-22(34)31-20-4-2-1-3-19(20)30/h1-10H,11-12H2,(H,31,34)(H,32,36)/b21-9+. The van der Waals surface area contributed by atoms with Crippen molar-refractivity contribution in [3.8, 4) is 5.75 Å². The number of amides is 4. The molecule has 2 N–H and O–H groups in total. The SMILES string of the molecule is O=C(CN1C(=O)N/C(=C/c2cc(Br)c(OCc3ccc(Cl)cc3Cl)c(Br)c2)C1=O)Nc1ccccc1F. The molecule has 0 saturated carbocycles. The van der Waals surface area contributed by atoms with Gasteiger partial charge in [0.05, 0.1) is 14.6 Å². The Morgan fingerprint density at radius 3 is 2.46 bits per heavy atom. The number of nitrogens with one attached hydrogen (secondary N) is 2. The van der Waals surface area contributed by atoms with Gasteiger partial charge in [-0.2, -0.15) is 0 Å². The van der Waals surface area contributed by atoms with Crippen molar-refractivity contribution in [1.29, 1.82) is 0 Å². The van der Waals surface area contributed by atoms with Crippen LogP contribution < -0.4 is 15.4 Å². The van der Waals surface area contributed by atoms with E-state index in [-0.39, 0.29) is 18.0 Å². The number of benzene rings is 3. The Labute approximate surface area is 237 Å². The molecule has 0 bridgehead atoms. The van der Waals surface area contributed by atoms with Gasteiger partial charge >= 0.3 is 6.03 Å². The minimum Gasteiger partial charge on any atom is -0.486 e. The smallest absolute Gasteiger partial charge is 0.329 e. The van der Waals surface area contributed by atoms with Crippen LogP contribution in [0.2, 0.25) is 10.0 Å². The predicted octanol–water partition coefficient (Wildman–Crippen LogP) is 6.77. The molecule has 0 aromatic heterocycles. The Bertz CT molecular complexity index is 1430. The quantitative estimate of drug-likeness (QED) is 0.215. The molecule has 0 atom stereocenters. The van der Waals surface area contributed by atoms with Gasteiger partial charge in [-0.3, -0.25) is 9.59 Å². The molecule has 37 heavy (non-hydrogen) atoms. The van der Waals surface area contributed by atoms with E-state index in [0.29, 0.717) is 30.3 Å². The third-order valence-electron chi connectivity index (χ3n) is 5.13. The van der Waals surface area contributed by atoms with E-state index in [1.165, 1.54) is 24.3 Å². The van der Waals surface area contributed by atoms with Crippen LogP contribution in [0.3, 0.4) is 0 Å². The molecule has 4 amide bonds. The summed E-state index contributed by atoms with van der Waals surface area (Å²) in [7, 11) is 0. The zero-order chi connectivity index (χ0) is 26.7. The van der Waals surface area contributed by atoms with E-state index < -0.39 is 30.2 Å². The van der Waals surface area contributed by atoms with Crippen LogP contribution in [0.5, 0.6) is 5.75 Å². The highest BCUT2D eigenvalue weighted by molar-refractivity contribution is 9.11. The Kier molecular flexibility index (Phi) is 8.53. The first-order valence-corrected chi connectivity index (χ1v) is 12.9. The Morgan fingerprint density at radius 2 is 1.78 bits per heavy atom. The average molecular weight is 672 g/mol. The number of imide groups is 1. The number of carbonyl (C=O) groups excluding carboxylic acids is 3. The lowest BCUT2D eigenvalue weighted by Crippen LogP contribution is -2.38. The van der Waals surface area contributed by atoms with Crippen molar-refractivity contribution in [3.05, 3.63) is 96.2 Å². The van der Waals surface area contributed by atoms with Crippen LogP contribution >= 0.6 is 55.1 Å². The topological polar surface area (TPSA) is 87.7 Å². The summed E-state index contributed by atoms with van der Waals surface area (Å²) in [5, 5.41) is 5.79. The highest BCUT2D eigenvalue weighted by Gasteiger charge is 2.35. The third-order valence-corrected chi connectivity index (χ3v) is 6.90. The number of urea groups is 1. The zero-order valence-electron chi connectivity index (χ0n) is 18.7. The van der Waals surface area contributed by atoms with Gasteiger partial charge < -0.3 is 15.4 Å². The first-order valence-electron chi connectivity index (χ1n) is 10.6. The van der Waals surface area contributed by atoms with Crippen LogP contribution in [-0.2, 0) is 16.2 Å². The Morgan fingerprint density at radius 1 is 1.08 bits per heavy atom. The minimum atomic E-state index is -0.766. The average Bonchev–Trinajstić information content (AvgIpc) is 3.08. The maximum atomic E-state index is 13.8. The van der Waals surface area contributed by atoms with Crippen molar-refractivity contribution in [2.45, 2.75) is 6.61 Å². The van der Waals surface area contributed by atoms with Crippen molar-refractivity contribution in [3.63, 3.8) is 0 Å². The molecule has 0 aliphatic carbocycles. The van der Waals surface area contributed by atoms with Gasteiger partial charge in [0, 0.05) is 15.6 Å². The summed E-state index contributed by atoms with van der Waals surface area (Å²) in [6.07, 6.45) is 1.46. The molecule has 1 aliphatic rings. The van der Waals surface area contributed by atoms with Crippen LogP contribution in [0.25, 0.3) is 6.08 Å². The summed E-state index contributed by atoms with van der Waals surface area (Å²) in [6, 6.07) is 13.3. The summed E-state index contributed by atoms with van der Waals surface area (Å²) < 4.78 is 20.8. The number of nitrogens with zero attached hydrogens (tertiary/aromatic N) is 1. The fraction of sp³-hybridized carbons (Fsp3) is 0.0800. The van der Waals surface area contributed by atoms with E-state index in [4.69, 9.17) is 27.9 Å². The number of rotatable bonds is 7. The lowest BCUT2D eigenvalue weighted by atomic mass is 10.2. The number of ether oxygens (including phenoxy) is 1. The van der Waals surface area contributed by atoms with Gasteiger partial charge in [-0.25, -0.2) is 14.1 Å². The highest BCUT2D eigenvalue weighted by Crippen LogP contribution is 2.36. The Hall–Kier alpha value is -2.92. The van der Waals surface area contributed by atoms with E-state index in [1.54, 1.807) is 36.4 Å². The monoisotopic (exact) mass is 669 g/mol. The Balaban J connectivity index is 1.45. The van der Waals surface area contributed by atoms with E-state index in [1.807, 2.05) is 0 Å². The van der Waals surface area contributed by atoms with Crippen molar-refractivity contribution >= 4 is 84.7 Å². The molecule has 1 fully saturated rings. The fourth-order valence-electron chi connectivity index (χ4n) is 3.37. The second-order valence-corrected chi connectivity index (χ2v) is 10.3. The molecule has 3 aromatic carbocycles. The van der Waals surface area contributed by atoms with Gasteiger partial charge in [0.15, 0.2) is 0 Å². The van der Waals surface area contributed by atoms with E-state index in [9.17, 15) is 18.8 Å². The molecule has 4 rings (SSSR count). The van der Waals surface area contributed by atoms with Crippen molar-refractivity contribution in [2.24, 2.45) is 0 Å². The van der Waals surface area contributed by atoms with Gasteiger partial charge in [-0.1, -0.05) is 41.4 Å². The molecule has 1 aliphatic heterocycles. The predicted molar refractivity (Wildman–Crippen MR) is 146 cm³/mol. The molecule has 7 nitrogen and oxygen atoms in total. The first kappa shape index (κ1) is 27.1. The largest absolute Gasteiger partial charge is 0.486 e. The molecule has 0 spiro atoms. The zero-order valence-corrected chi connectivity index (χ0v) is 23.3. The number of hydrogen-bond acceptors (Lipinski definition) is 4. The molecular formula is C25H16Br2Cl2FN3O4. The number of hydrogen-bond donors (Lipinski definition) is 2. The number of para-hydroxylation sites is 1. The maximum Gasteiger partial charge on any atom is 0.329 e. The van der Waals surface area contributed by atoms with Crippen LogP contribution in [-0.4, -0.2) is 29.3 Å². The summed E-state index contributed by atoms with van der Waals surface area (Å²) in [5.41, 5.74) is 1.24. The molecule has 0 radical (unpaired) electrons. The number of halogens is 5. The van der Waals surface area contributed by atoms with Crippen molar-refractivity contribution in [1.82, 2.24) is 10.2 Å². The van der Waals surface area contributed by atoms with Gasteiger partial charge in [0.1, 0.15) is 30.4 Å². The minimum absolute atomic E-state index is 0.0240. The number of carbonyl (C=O) groups is 3. The van der Waals surface area contributed by atoms with Gasteiger partial charge in [-0.15, -0.1) is 0 Å². The molecule has 1 saturated heterocycles. The van der Waals surface area contributed by atoms with Crippen LogP contribution in [0.1, 0.15) is 11.1 Å². The molecule has 3 aromatic rings. The normalized spacial score (nSPS) is 14.2. The summed E-state index contributed by atoms with van der Waals surface area (Å²) in [4.78, 5) is 38.1. The number of anilines is 1. The third kappa shape index (κ3) is 6.51. The second-order valence-electron chi connectivity index (χ2n) is 7.75. The molecule has 12 heteroatoms. The van der Waals surface area contributed by atoms with E-state index >= 15 is 0 Å². The molecule has 0 unspecified atom stereocenters. The van der Waals surface area contributed by atoms with Gasteiger partial charge in [0.25, 0.3) is 5.91 Å². The lowest BCUT2D eigenvalue weighted by molar-refractivity contribution is -0.127. The summed E-state index contributed by atoms with van der Waals surface area (Å²) >= 11 is 19.0. The van der Waals surface area contributed by atoms with E-state index in [2.05, 4.69) is 42.5 Å².